The van der Waals surface area contributed by atoms with Crippen molar-refractivity contribution in [1.29, 1.82) is 5.26 Å². The summed E-state index contributed by atoms with van der Waals surface area (Å²) in [5, 5.41) is 31.2. The quantitative estimate of drug-likeness (QED) is 0.373. The second-order valence-electron chi connectivity index (χ2n) is 4.86. The lowest BCUT2D eigenvalue weighted by atomic mass is 10.1. The summed E-state index contributed by atoms with van der Waals surface area (Å²) >= 11 is 0. The number of anilines is 1. The van der Waals surface area contributed by atoms with Gasteiger partial charge in [-0.05, 0) is 35.9 Å². The molecule has 0 spiro atoms. The standard InChI is InChI=1S/C17H11N3O5/c18-10-13(8-11-2-1-3-15(9-11)20(24)25)16(21)19-14-6-4-12(5-7-14)17(22)23/h1-9H,(H,19,21)(H,22,23)/b13-8+. The molecule has 25 heavy (non-hydrogen) atoms. The molecule has 0 atom stereocenters. The number of hydrogen-bond donors (Lipinski definition) is 2. The number of nitriles is 1. The van der Waals surface area contributed by atoms with Gasteiger partial charge in [-0.25, -0.2) is 4.79 Å². The number of non-ortho nitro benzene ring substituents is 1. The van der Waals surface area contributed by atoms with E-state index in [0.717, 1.165) is 0 Å². The molecule has 2 rings (SSSR count). The molecule has 0 unspecified atom stereocenters. The first-order valence-corrected chi connectivity index (χ1v) is 6.91. The lowest BCUT2D eigenvalue weighted by Gasteiger charge is -2.05. The highest BCUT2D eigenvalue weighted by Gasteiger charge is 2.11. The van der Waals surface area contributed by atoms with Crippen LogP contribution in [-0.2, 0) is 4.79 Å². The van der Waals surface area contributed by atoms with E-state index in [1.807, 2.05) is 0 Å². The van der Waals surface area contributed by atoms with Gasteiger partial charge in [0.2, 0.25) is 0 Å². The molecule has 0 aliphatic heterocycles. The SMILES string of the molecule is N#C/C(=C\c1cccc([N+](=O)[O-])c1)C(=O)Nc1ccc(C(=O)O)cc1. The van der Waals surface area contributed by atoms with Gasteiger partial charge < -0.3 is 10.4 Å². The van der Waals surface area contributed by atoms with Crippen molar-refractivity contribution in [3.05, 3.63) is 75.3 Å². The van der Waals surface area contributed by atoms with E-state index in [0.29, 0.717) is 11.3 Å². The first-order chi connectivity index (χ1) is 11.9. The predicted octanol–water partition coefficient (Wildman–Crippen LogP) is 2.84. The molecule has 124 valence electrons. The van der Waals surface area contributed by atoms with Crippen LogP contribution in [0.15, 0.2) is 54.1 Å². The number of nitro benzene ring substituents is 1. The molecule has 0 heterocycles. The van der Waals surface area contributed by atoms with E-state index in [-0.39, 0.29) is 16.8 Å². The number of hydrogen-bond acceptors (Lipinski definition) is 5. The van der Waals surface area contributed by atoms with E-state index in [2.05, 4.69) is 5.32 Å². The van der Waals surface area contributed by atoms with Crippen LogP contribution in [-0.4, -0.2) is 21.9 Å². The average Bonchev–Trinajstić information content (AvgIpc) is 2.60. The summed E-state index contributed by atoms with van der Waals surface area (Å²) in [6, 6.07) is 12.7. The van der Waals surface area contributed by atoms with Gasteiger partial charge in [0.15, 0.2) is 0 Å². The van der Waals surface area contributed by atoms with Crippen molar-refractivity contribution in [3.63, 3.8) is 0 Å². The molecule has 0 aromatic heterocycles. The van der Waals surface area contributed by atoms with Crippen molar-refractivity contribution < 1.29 is 19.6 Å². The Hall–Kier alpha value is -3.99. The number of nitrogens with zero attached hydrogens (tertiary/aromatic N) is 2. The number of carbonyl (C=O) groups is 2. The van der Waals surface area contributed by atoms with E-state index in [1.54, 1.807) is 6.07 Å². The minimum absolute atomic E-state index is 0.0608. The summed E-state index contributed by atoms with van der Waals surface area (Å²) in [7, 11) is 0. The van der Waals surface area contributed by atoms with E-state index in [4.69, 9.17) is 10.4 Å². The average molecular weight is 337 g/mol. The molecule has 2 aromatic rings. The molecule has 2 N–H and O–H groups in total. The Kier molecular flexibility index (Phi) is 5.22. The van der Waals surface area contributed by atoms with E-state index >= 15 is 0 Å². The number of carbonyl (C=O) groups excluding carboxylic acids is 1. The fourth-order valence-corrected chi connectivity index (χ4v) is 1.94. The Morgan fingerprint density at radius 1 is 1.20 bits per heavy atom. The highest BCUT2D eigenvalue weighted by molar-refractivity contribution is 6.09. The second-order valence-corrected chi connectivity index (χ2v) is 4.86. The number of carboxylic acid groups (broad SMARTS) is 1. The Balaban J connectivity index is 2.21. The number of aromatic carboxylic acids is 1. The van der Waals surface area contributed by atoms with Gasteiger partial charge in [-0.2, -0.15) is 5.26 Å². The molecule has 0 saturated carbocycles. The molecular weight excluding hydrogens is 326 g/mol. The topological polar surface area (TPSA) is 133 Å². The molecule has 0 fully saturated rings. The normalized spacial score (nSPS) is 10.6. The lowest BCUT2D eigenvalue weighted by molar-refractivity contribution is -0.384. The van der Waals surface area contributed by atoms with Crippen LogP contribution in [0.3, 0.4) is 0 Å². The number of benzene rings is 2. The monoisotopic (exact) mass is 337 g/mol. The number of nitrogens with one attached hydrogen (secondary N) is 1. The third kappa shape index (κ3) is 4.49. The fraction of sp³-hybridized carbons (Fsp3) is 0. The van der Waals surface area contributed by atoms with Gasteiger partial charge in [-0.1, -0.05) is 12.1 Å². The zero-order valence-corrected chi connectivity index (χ0v) is 12.7. The third-order valence-electron chi connectivity index (χ3n) is 3.15. The van der Waals surface area contributed by atoms with Crippen LogP contribution in [0.25, 0.3) is 6.08 Å². The molecular formula is C17H11N3O5. The number of carboxylic acids is 1. The molecule has 0 bridgehead atoms. The van der Waals surface area contributed by atoms with E-state index < -0.39 is 16.8 Å². The van der Waals surface area contributed by atoms with Crippen LogP contribution in [0.2, 0.25) is 0 Å². The molecule has 0 radical (unpaired) electrons. The van der Waals surface area contributed by atoms with Crippen LogP contribution in [0.5, 0.6) is 0 Å². The van der Waals surface area contributed by atoms with E-state index in [1.165, 1.54) is 54.6 Å². The minimum Gasteiger partial charge on any atom is -0.478 e. The van der Waals surface area contributed by atoms with E-state index in [9.17, 15) is 19.7 Å². The van der Waals surface area contributed by atoms with Gasteiger partial charge >= 0.3 is 5.97 Å². The van der Waals surface area contributed by atoms with Gasteiger partial charge in [0.1, 0.15) is 11.6 Å². The van der Waals surface area contributed by atoms with Crippen LogP contribution in [0.1, 0.15) is 15.9 Å². The van der Waals surface area contributed by atoms with Crippen molar-refractivity contribution in [3.8, 4) is 6.07 Å². The summed E-state index contributed by atoms with van der Waals surface area (Å²) < 4.78 is 0. The van der Waals surface area contributed by atoms with Crippen molar-refractivity contribution in [2.24, 2.45) is 0 Å². The molecule has 2 aromatic carbocycles. The van der Waals surface area contributed by atoms with Crippen LogP contribution in [0.4, 0.5) is 11.4 Å². The van der Waals surface area contributed by atoms with Crippen molar-refractivity contribution in [1.82, 2.24) is 0 Å². The van der Waals surface area contributed by atoms with Gasteiger partial charge in [0, 0.05) is 17.8 Å². The largest absolute Gasteiger partial charge is 0.478 e. The Bertz CT molecular complexity index is 911. The smallest absolute Gasteiger partial charge is 0.335 e. The van der Waals surface area contributed by atoms with Gasteiger partial charge in [-0.3, -0.25) is 14.9 Å². The Morgan fingerprint density at radius 3 is 2.44 bits per heavy atom. The zero-order chi connectivity index (χ0) is 18.4. The van der Waals surface area contributed by atoms with Crippen molar-refractivity contribution in [2.75, 3.05) is 5.32 Å². The molecule has 8 heteroatoms. The lowest BCUT2D eigenvalue weighted by Crippen LogP contribution is -2.13. The van der Waals surface area contributed by atoms with Crippen molar-refractivity contribution >= 4 is 29.3 Å². The number of rotatable bonds is 5. The summed E-state index contributed by atoms with van der Waals surface area (Å²) in [5.74, 6) is -1.81. The van der Waals surface area contributed by atoms with Crippen LogP contribution < -0.4 is 5.32 Å². The molecule has 1 amide bonds. The molecule has 0 aliphatic rings. The molecule has 8 nitrogen and oxygen atoms in total. The Morgan fingerprint density at radius 2 is 1.88 bits per heavy atom. The first kappa shape index (κ1) is 17.4. The molecule has 0 saturated heterocycles. The maximum absolute atomic E-state index is 12.1. The molecule has 0 aliphatic carbocycles. The van der Waals surface area contributed by atoms with Crippen molar-refractivity contribution in [2.45, 2.75) is 0 Å². The summed E-state index contributed by atoms with van der Waals surface area (Å²) in [6.45, 7) is 0. The fourth-order valence-electron chi connectivity index (χ4n) is 1.94. The summed E-state index contributed by atoms with van der Waals surface area (Å²) in [4.78, 5) is 33.1. The highest BCUT2D eigenvalue weighted by Crippen LogP contribution is 2.17. The predicted molar refractivity (Wildman–Crippen MR) is 88.7 cm³/mol. The summed E-state index contributed by atoms with van der Waals surface area (Å²) in [6.07, 6.45) is 1.23. The first-order valence-electron chi connectivity index (χ1n) is 6.91. The highest BCUT2D eigenvalue weighted by atomic mass is 16.6. The van der Waals surface area contributed by atoms with Gasteiger partial charge in [0.05, 0.1) is 10.5 Å². The maximum Gasteiger partial charge on any atom is 0.335 e. The third-order valence-corrected chi connectivity index (χ3v) is 3.15. The minimum atomic E-state index is -1.10. The summed E-state index contributed by atoms with van der Waals surface area (Å²) in [5.41, 5.74) is 0.307. The van der Waals surface area contributed by atoms with Gasteiger partial charge in [-0.15, -0.1) is 0 Å². The second kappa shape index (κ2) is 7.52. The Labute approximate surface area is 141 Å². The number of amides is 1. The zero-order valence-electron chi connectivity index (χ0n) is 12.7. The maximum atomic E-state index is 12.1. The van der Waals surface area contributed by atoms with Crippen LogP contribution in [0, 0.1) is 21.4 Å². The number of nitro groups is 1. The van der Waals surface area contributed by atoms with Gasteiger partial charge in [0.25, 0.3) is 11.6 Å². The van der Waals surface area contributed by atoms with Crippen LogP contribution >= 0.6 is 0 Å².